The number of hydrogen-bond acceptors (Lipinski definition) is 6. The second-order valence-corrected chi connectivity index (χ2v) is 5.81. The van der Waals surface area contributed by atoms with Crippen molar-refractivity contribution in [3.63, 3.8) is 0 Å². The molecule has 0 radical (unpaired) electrons. The summed E-state index contributed by atoms with van der Waals surface area (Å²) in [6.45, 7) is 7.46. The zero-order valence-electron chi connectivity index (χ0n) is 14.3. The summed E-state index contributed by atoms with van der Waals surface area (Å²) in [5.41, 5.74) is 7.21. The van der Waals surface area contributed by atoms with Crippen molar-refractivity contribution in [2.75, 3.05) is 5.73 Å². The highest BCUT2D eigenvalue weighted by Gasteiger charge is 2.08. The second-order valence-electron chi connectivity index (χ2n) is 5.81. The van der Waals surface area contributed by atoms with E-state index >= 15 is 0 Å². The van der Waals surface area contributed by atoms with Crippen molar-refractivity contribution in [1.29, 1.82) is 0 Å². The average molecular weight is 330 g/mol. The zero-order valence-corrected chi connectivity index (χ0v) is 14.3. The van der Waals surface area contributed by atoms with Crippen LogP contribution in [-0.2, 0) is 9.53 Å². The number of aromatic nitrogens is 3. The molecular formula is C17H22N4O3. The smallest absolute Gasteiger partial charge is 0.332 e. The molecule has 24 heavy (non-hydrogen) atoms. The zero-order chi connectivity index (χ0) is 17.7. The molecule has 1 aromatic carbocycles. The number of benzene rings is 1. The topological polar surface area (TPSA) is 92.3 Å². The highest BCUT2D eigenvalue weighted by Crippen LogP contribution is 2.25. The highest BCUT2D eigenvalue weighted by atomic mass is 16.5. The lowest BCUT2D eigenvalue weighted by Gasteiger charge is -2.11. The molecule has 0 saturated carbocycles. The predicted octanol–water partition coefficient (Wildman–Crippen LogP) is 2.74. The minimum atomic E-state index is -0.432. The van der Waals surface area contributed by atoms with Crippen molar-refractivity contribution < 1.29 is 14.3 Å². The fourth-order valence-corrected chi connectivity index (χ4v) is 1.98. The molecule has 0 spiro atoms. The highest BCUT2D eigenvalue weighted by molar-refractivity contribution is 5.85. The van der Waals surface area contributed by atoms with E-state index in [0.717, 1.165) is 5.56 Å². The Balaban J connectivity index is 2.17. The summed E-state index contributed by atoms with van der Waals surface area (Å²) in [6.07, 6.45) is 4.16. The normalized spacial score (nSPS) is 11.4. The molecule has 1 aromatic heterocycles. The van der Waals surface area contributed by atoms with Crippen molar-refractivity contribution in [3.05, 3.63) is 30.6 Å². The van der Waals surface area contributed by atoms with Gasteiger partial charge in [-0.15, -0.1) is 5.10 Å². The second kappa shape index (κ2) is 7.63. The maximum absolute atomic E-state index is 11.5. The first-order valence-corrected chi connectivity index (χ1v) is 7.71. The van der Waals surface area contributed by atoms with Crippen LogP contribution in [0.1, 0.15) is 27.7 Å². The fourth-order valence-electron chi connectivity index (χ4n) is 1.98. The van der Waals surface area contributed by atoms with Crippen molar-refractivity contribution >= 4 is 17.9 Å². The van der Waals surface area contributed by atoms with Crippen molar-refractivity contribution in [1.82, 2.24) is 14.8 Å². The van der Waals surface area contributed by atoms with Crippen LogP contribution in [0.15, 0.2) is 30.6 Å². The minimum Gasteiger partial charge on any atom is -0.491 e. The van der Waals surface area contributed by atoms with E-state index in [4.69, 9.17) is 15.2 Å². The maximum atomic E-state index is 11.5. The molecule has 0 aliphatic carbocycles. The molecule has 2 aromatic rings. The molecule has 0 aliphatic heterocycles. The van der Waals surface area contributed by atoms with Gasteiger partial charge in [0.1, 0.15) is 12.1 Å². The number of rotatable bonds is 6. The summed E-state index contributed by atoms with van der Waals surface area (Å²) in [5, 5.41) is 4.29. The number of ether oxygens (including phenoxy) is 2. The molecule has 7 heteroatoms. The molecule has 1 heterocycles. The van der Waals surface area contributed by atoms with Gasteiger partial charge in [0.05, 0.1) is 12.2 Å². The number of anilines is 1. The van der Waals surface area contributed by atoms with E-state index in [9.17, 15) is 4.79 Å². The van der Waals surface area contributed by atoms with Crippen LogP contribution < -0.4 is 10.5 Å². The van der Waals surface area contributed by atoms with Crippen LogP contribution >= 0.6 is 0 Å². The Morgan fingerprint density at radius 3 is 2.62 bits per heavy atom. The van der Waals surface area contributed by atoms with Gasteiger partial charge in [0.25, 0.3) is 0 Å². The van der Waals surface area contributed by atoms with E-state index in [1.54, 1.807) is 26.0 Å². The number of hydrogen-bond donors (Lipinski definition) is 1. The fraction of sp³-hybridized carbons (Fsp3) is 0.353. The molecule has 128 valence electrons. The van der Waals surface area contributed by atoms with Gasteiger partial charge in [-0.3, -0.25) is 0 Å². The number of carbonyl (C=O) groups excluding carboxylic acids is 1. The van der Waals surface area contributed by atoms with E-state index in [1.165, 1.54) is 23.3 Å². The first-order valence-electron chi connectivity index (χ1n) is 7.71. The minimum absolute atomic E-state index is 0.0417. The van der Waals surface area contributed by atoms with Crippen LogP contribution in [0.5, 0.6) is 5.75 Å². The summed E-state index contributed by atoms with van der Waals surface area (Å²) in [6, 6.07) is 5.35. The van der Waals surface area contributed by atoms with Crippen molar-refractivity contribution in [2.45, 2.75) is 39.9 Å². The van der Waals surface area contributed by atoms with Crippen LogP contribution in [-0.4, -0.2) is 32.9 Å². The quantitative estimate of drug-likeness (QED) is 0.497. The van der Waals surface area contributed by atoms with E-state index in [1.807, 2.05) is 19.9 Å². The summed E-state index contributed by atoms with van der Waals surface area (Å²) >= 11 is 0. The monoisotopic (exact) mass is 330 g/mol. The Kier molecular flexibility index (Phi) is 5.57. The van der Waals surface area contributed by atoms with Gasteiger partial charge in [-0.05, 0) is 39.8 Å². The molecular weight excluding hydrogens is 308 g/mol. The number of nitrogens with two attached hydrogens (primary N) is 1. The van der Waals surface area contributed by atoms with Gasteiger partial charge in [-0.25, -0.2) is 14.5 Å². The summed E-state index contributed by atoms with van der Waals surface area (Å²) in [4.78, 5) is 15.7. The van der Waals surface area contributed by atoms with Gasteiger partial charge >= 0.3 is 5.97 Å². The third-order valence-electron chi connectivity index (χ3n) is 2.78. The Morgan fingerprint density at radius 2 is 1.96 bits per heavy atom. The third-order valence-corrected chi connectivity index (χ3v) is 2.78. The molecule has 2 N–H and O–H groups in total. The van der Waals surface area contributed by atoms with Crippen LogP contribution in [0.2, 0.25) is 0 Å². The first-order chi connectivity index (χ1) is 11.3. The summed E-state index contributed by atoms with van der Waals surface area (Å²) in [5.74, 6) is 0.712. The Morgan fingerprint density at radius 1 is 1.21 bits per heavy atom. The molecule has 0 atom stereocenters. The van der Waals surface area contributed by atoms with E-state index in [-0.39, 0.29) is 12.2 Å². The molecule has 0 amide bonds. The SMILES string of the molecule is CC(C)OC(=O)/C=C\n1cnc(-c2cc(N)cc(OC(C)C)c2)n1. The molecule has 7 nitrogen and oxygen atoms in total. The number of nitrogens with zero attached hydrogens (tertiary/aromatic N) is 3. The molecule has 0 unspecified atom stereocenters. The summed E-state index contributed by atoms with van der Waals surface area (Å²) in [7, 11) is 0. The van der Waals surface area contributed by atoms with Gasteiger partial charge in [0.2, 0.25) is 0 Å². The van der Waals surface area contributed by atoms with Crippen LogP contribution in [0.3, 0.4) is 0 Å². The lowest BCUT2D eigenvalue weighted by Crippen LogP contribution is -2.08. The van der Waals surface area contributed by atoms with Gasteiger partial charge in [0.15, 0.2) is 5.82 Å². The van der Waals surface area contributed by atoms with Gasteiger partial charge in [-0.1, -0.05) is 0 Å². The lowest BCUT2D eigenvalue weighted by molar-refractivity contribution is -0.141. The lowest BCUT2D eigenvalue weighted by atomic mass is 10.2. The third kappa shape index (κ3) is 5.12. The first kappa shape index (κ1) is 17.5. The number of esters is 1. The van der Waals surface area contributed by atoms with Crippen molar-refractivity contribution in [2.24, 2.45) is 0 Å². The molecule has 2 rings (SSSR count). The van der Waals surface area contributed by atoms with Gasteiger partial charge in [0, 0.05) is 29.6 Å². The van der Waals surface area contributed by atoms with Crippen LogP contribution in [0.25, 0.3) is 17.6 Å². The molecule has 0 aliphatic rings. The Labute approximate surface area is 141 Å². The van der Waals surface area contributed by atoms with Crippen LogP contribution in [0, 0.1) is 0 Å². The van der Waals surface area contributed by atoms with Crippen LogP contribution in [0.4, 0.5) is 5.69 Å². The molecule has 0 fully saturated rings. The average Bonchev–Trinajstić information content (AvgIpc) is 2.92. The van der Waals surface area contributed by atoms with Crippen molar-refractivity contribution in [3.8, 4) is 17.1 Å². The molecule has 0 bridgehead atoms. The van der Waals surface area contributed by atoms with Gasteiger partial charge < -0.3 is 15.2 Å². The van der Waals surface area contributed by atoms with E-state index in [2.05, 4.69) is 10.1 Å². The standard InChI is InChI=1S/C17H22N4O3/c1-11(2)23-15-8-13(7-14(18)9-15)17-19-10-21(20-17)6-5-16(22)24-12(3)4/h5-12H,18H2,1-4H3/b6-5-. The largest absolute Gasteiger partial charge is 0.491 e. The number of carbonyl (C=O) groups is 1. The van der Waals surface area contributed by atoms with E-state index < -0.39 is 5.97 Å². The van der Waals surface area contributed by atoms with Gasteiger partial charge in [-0.2, -0.15) is 0 Å². The maximum Gasteiger partial charge on any atom is 0.332 e. The Bertz CT molecular complexity index is 735. The van der Waals surface area contributed by atoms with E-state index in [0.29, 0.717) is 17.3 Å². The Hall–Kier alpha value is -2.83. The number of nitrogen functional groups attached to an aromatic ring is 1. The molecule has 0 saturated heterocycles. The summed E-state index contributed by atoms with van der Waals surface area (Å²) < 4.78 is 12.1. The predicted molar refractivity (Wildman–Crippen MR) is 92.2 cm³/mol.